The number of methoxy groups -OCH3 is 1. The highest BCUT2D eigenvalue weighted by Crippen LogP contribution is 2.41. The first kappa shape index (κ1) is 48.4. The van der Waals surface area contributed by atoms with E-state index < -0.39 is 29.6 Å². The van der Waals surface area contributed by atoms with Gasteiger partial charge in [-0.05, 0) is 103 Å². The summed E-state index contributed by atoms with van der Waals surface area (Å²) in [5.74, 6) is -1.26. The fourth-order valence-corrected chi connectivity index (χ4v) is 9.94. The van der Waals surface area contributed by atoms with E-state index in [1.54, 1.807) is 42.4 Å². The van der Waals surface area contributed by atoms with Crippen LogP contribution < -0.4 is 10.7 Å². The number of carbonyl (C=O) groups is 4. The number of amides is 3. The van der Waals surface area contributed by atoms with E-state index in [0.29, 0.717) is 76.0 Å². The second kappa shape index (κ2) is 21.0. The Labute approximate surface area is 387 Å². The predicted octanol–water partition coefficient (Wildman–Crippen LogP) is 5.86. The number of nitrogens with zero attached hydrogens (tertiary/aromatic N) is 5. The van der Waals surface area contributed by atoms with E-state index in [0.717, 1.165) is 58.2 Å². The molecular weight excluding hydrogens is 843 g/mol. The number of aromatic nitrogens is 2. The molecule has 5 heterocycles. The van der Waals surface area contributed by atoms with Crippen LogP contribution in [0.5, 0.6) is 5.75 Å². The molecule has 3 aliphatic rings. The lowest BCUT2D eigenvalue weighted by Crippen LogP contribution is -2.59. The molecule has 0 saturated carbocycles. The van der Waals surface area contributed by atoms with Crippen molar-refractivity contribution >= 4 is 34.8 Å². The average Bonchev–Trinajstić information content (AvgIpc) is 3.86. The number of pyridine rings is 1. The van der Waals surface area contributed by atoms with Gasteiger partial charge in [-0.25, -0.2) is 10.2 Å². The van der Waals surface area contributed by atoms with Crippen molar-refractivity contribution in [3.05, 3.63) is 71.5 Å². The molecule has 0 radical (unpaired) electrons. The maximum atomic E-state index is 14.4. The van der Waals surface area contributed by atoms with Gasteiger partial charge < -0.3 is 39.2 Å². The standard InChI is InChI=1S/C50H67N7O9/c1-8-56-43-12-11-33(23-39(43)40(24-50(4,5)30-66-49(62)63)45(56)41-25-51-16-13-35(41)27-64-7)36-19-32(20-38(58)22-36)21-42(48(61)57-17-10-9-15-52-57)53-46(59)44(31(2)3)54(6)47(60)34-14-18-55(26-34)37-28-65-29-37/h11-13,16,19-20,22-23,25,31,34,37,42,44,52,58H,8-10,14-15,17-18,21,24,26-30H2,1-7H3,(H,53,59)(H,62,63)/t34-,42-,44-/m0/s1. The summed E-state index contributed by atoms with van der Waals surface area (Å²) in [6.45, 7) is 14.7. The molecule has 3 fully saturated rings. The average molecular weight is 910 g/mol. The lowest BCUT2D eigenvalue weighted by atomic mass is 9.84. The van der Waals surface area contributed by atoms with Crippen molar-refractivity contribution in [2.75, 3.05) is 60.2 Å². The van der Waals surface area contributed by atoms with Crippen LogP contribution in [0.4, 0.5) is 4.79 Å². The van der Waals surface area contributed by atoms with Crippen molar-refractivity contribution in [2.24, 2.45) is 17.3 Å². The number of likely N-dealkylation sites (N-methyl/N-ethyl adjacent to an activating group) is 1. The molecule has 3 amide bonds. The number of hydrazine groups is 1. The minimum Gasteiger partial charge on any atom is -0.508 e. The third-order valence-electron chi connectivity index (χ3n) is 13.3. The van der Waals surface area contributed by atoms with Gasteiger partial charge in [-0.1, -0.05) is 39.8 Å². The number of nitrogens with one attached hydrogen (secondary N) is 2. The largest absolute Gasteiger partial charge is 0.508 e. The number of fused-ring (bicyclic) bond motifs is 1. The zero-order valence-corrected chi connectivity index (χ0v) is 39.5. The Morgan fingerprint density at radius 2 is 1.85 bits per heavy atom. The molecule has 4 aromatic rings. The topological polar surface area (TPSA) is 188 Å². The molecule has 0 bridgehead atoms. The fourth-order valence-electron chi connectivity index (χ4n) is 9.94. The van der Waals surface area contributed by atoms with Gasteiger partial charge in [0.1, 0.15) is 24.4 Å². The molecular formula is C50H67N7O9. The molecule has 4 N–H and O–H groups in total. The van der Waals surface area contributed by atoms with E-state index in [4.69, 9.17) is 14.2 Å². The van der Waals surface area contributed by atoms with E-state index >= 15 is 0 Å². The monoisotopic (exact) mass is 910 g/mol. The number of ether oxygens (including phenoxy) is 3. The number of phenols is 1. The lowest BCUT2D eigenvalue weighted by molar-refractivity contribution is -0.146. The molecule has 16 heteroatoms. The number of aromatic hydroxyl groups is 1. The SMILES string of the molecule is CCn1c(-c2cnccc2COC)c(CC(C)(C)COC(=O)O)c2cc(-c3cc(O)cc(C[C@H](NC(=O)[C@H](C(C)C)N(C)C(=O)[C@H]4CCN(C5COC5)C4)C(=O)N4CCCCN4)c3)ccc21. The Morgan fingerprint density at radius 1 is 1.06 bits per heavy atom. The molecule has 0 spiro atoms. The molecule has 0 unspecified atom stereocenters. The summed E-state index contributed by atoms with van der Waals surface area (Å²) in [6.07, 6.45) is 5.25. The Bertz CT molecular complexity index is 2390. The van der Waals surface area contributed by atoms with Gasteiger partial charge in [0.25, 0.3) is 5.91 Å². The summed E-state index contributed by atoms with van der Waals surface area (Å²) < 4.78 is 18.3. The summed E-state index contributed by atoms with van der Waals surface area (Å²) in [7, 11) is 3.34. The Hall–Kier alpha value is -5.55. The minimum atomic E-state index is -1.33. The smallest absolute Gasteiger partial charge is 0.505 e. The quantitative estimate of drug-likeness (QED) is 0.0873. The molecule has 3 aliphatic heterocycles. The highest BCUT2D eigenvalue weighted by molar-refractivity contribution is 5.96. The number of rotatable bonds is 18. The maximum Gasteiger partial charge on any atom is 0.505 e. The first-order valence-corrected chi connectivity index (χ1v) is 23.3. The zero-order chi connectivity index (χ0) is 47.3. The van der Waals surface area contributed by atoms with Crippen molar-refractivity contribution in [3.63, 3.8) is 0 Å². The third kappa shape index (κ3) is 10.8. The van der Waals surface area contributed by atoms with Gasteiger partial charge in [-0.2, -0.15) is 0 Å². The molecule has 356 valence electrons. The number of hydrogen-bond acceptors (Lipinski definition) is 11. The van der Waals surface area contributed by atoms with Crippen molar-refractivity contribution in [1.29, 1.82) is 0 Å². The molecule has 3 saturated heterocycles. The van der Waals surface area contributed by atoms with E-state index in [2.05, 4.69) is 44.3 Å². The van der Waals surface area contributed by atoms with Crippen LogP contribution in [0, 0.1) is 17.3 Å². The molecule has 0 aliphatic carbocycles. The molecule has 2 aromatic carbocycles. The van der Waals surface area contributed by atoms with E-state index in [1.807, 2.05) is 52.1 Å². The zero-order valence-electron chi connectivity index (χ0n) is 39.5. The second-order valence-corrected chi connectivity index (χ2v) is 19.2. The number of hydrogen-bond donors (Lipinski definition) is 4. The van der Waals surface area contributed by atoms with Gasteiger partial charge in [0, 0.05) is 81.0 Å². The number of benzene rings is 2. The summed E-state index contributed by atoms with van der Waals surface area (Å²) in [5, 5.41) is 26.3. The van der Waals surface area contributed by atoms with Gasteiger partial charge in [0.05, 0.1) is 37.5 Å². The van der Waals surface area contributed by atoms with Crippen LogP contribution in [0.25, 0.3) is 33.3 Å². The number of carboxylic acid groups (broad SMARTS) is 1. The van der Waals surface area contributed by atoms with Crippen LogP contribution in [0.3, 0.4) is 0 Å². The van der Waals surface area contributed by atoms with Crippen LogP contribution in [0.1, 0.15) is 70.6 Å². The maximum absolute atomic E-state index is 14.4. The summed E-state index contributed by atoms with van der Waals surface area (Å²) in [5.41, 5.74) is 9.53. The second-order valence-electron chi connectivity index (χ2n) is 19.2. The van der Waals surface area contributed by atoms with Gasteiger partial charge >= 0.3 is 6.16 Å². The van der Waals surface area contributed by atoms with Crippen LogP contribution in [0.2, 0.25) is 0 Å². The van der Waals surface area contributed by atoms with Gasteiger partial charge in [-0.15, -0.1) is 0 Å². The normalized spacial score (nSPS) is 18.0. The van der Waals surface area contributed by atoms with Gasteiger partial charge in [-0.3, -0.25) is 29.3 Å². The molecule has 2 aromatic heterocycles. The molecule has 16 nitrogen and oxygen atoms in total. The van der Waals surface area contributed by atoms with Crippen LogP contribution in [-0.4, -0.2) is 137 Å². The van der Waals surface area contributed by atoms with Gasteiger partial charge in [0.15, 0.2) is 0 Å². The van der Waals surface area contributed by atoms with E-state index in [1.165, 1.54) is 0 Å². The van der Waals surface area contributed by atoms with Crippen LogP contribution in [-0.2, 0) is 54.6 Å². The van der Waals surface area contributed by atoms with Crippen LogP contribution >= 0.6 is 0 Å². The highest BCUT2D eigenvalue weighted by atomic mass is 16.7. The minimum absolute atomic E-state index is 0.000705. The summed E-state index contributed by atoms with van der Waals surface area (Å²) in [6, 6.07) is 11.8. The molecule has 66 heavy (non-hydrogen) atoms. The van der Waals surface area contributed by atoms with E-state index in [-0.39, 0.29) is 42.4 Å². The van der Waals surface area contributed by atoms with Crippen molar-refractivity contribution in [1.82, 2.24) is 35.1 Å². The Kier molecular flexibility index (Phi) is 15.4. The number of carbonyl (C=O) groups excluding carboxylic acids is 3. The van der Waals surface area contributed by atoms with Crippen molar-refractivity contribution in [2.45, 2.75) is 98.0 Å². The molecule has 3 atom stereocenters. The van der Waals surface area contributed by atoms with Crippen molar-refractivity contribution in [3.8, 4) is 28.1 Å². The van der Waals surface area contributed by atoms with Gasteiger partial charge in [0.2, 0.25) is 11.8 Å². The Morgan fingerprint density at radius 3 is 2.52 bits per heavy atom. The first-order chi connectivity index (χ1) is 31.6. The predicted molar refractivity (Wildman–Crippen MR) is 250 cm³/mol. The third-order valence-corrected chi connectivity index (χ3v) is 13.3. The number of aryl methyl sites for hydroxylation is 1. The van der Waals surface area contributed by atoms with E-state index in [9.17, 15) is 29.4 Å². The Balaban J connectivity index is 1.22. The highest BCUT2D eigenvalue weighted by Gasteiger charge is 2.40. The first-order valence-electron chi connectivity index (χ1n) is 23.3. The fraction of sp³-hybridized carbons (Fsp3) is 0.540. The number of likely N-dealkylation sites (tertiary alicyclic amines) is 1. The van der Waals surface area contributed by atoms with Crippen molar-refractivity contribution < 1.29 is 43.6 Å². The lowest BCUT2D eigenvalue weighted by Gasteiger charge is -2.36. The summed E-state index contributed by atoms with van der Waals surface area (Å²) in [4.78, 5) is 62.6. The molecule has 7 rings (SSSR count). The summed E-state index contributed by atoms with van der Waals surface area (Å²) >= 11 is 0. The van der Waals surface area contributed by atoms with Crippen LogP contribution in [0.15, 0.2) is 54.9 Å². The number of phenolic OH excluding ortho intramolecular Hbond substituents is 1.